The van der Waals surface area contributed by atoms with Gasteiger partial charge in [0.1, 0.15) is 0 Å². The molecule has 1 N–H and O–H groups in total. The van der Waals surface area contributed by atoms with Gasteiger partial charge in [0.25, 0.3) is 0 Å². The number of carbonyl (C=O) groups is 1. The van der Waals surface area contributed by atoms with Crippen molar-refractivity contribution in [2.75, 3.05) is 0 Å². The van der Waals surface area contributed by atoms with Crippen molar-refractivity contribution in [3.8, 4) is 0 Å². The molecule has 3 rings (SSSR count). The third-order valence-corrected chi connectivity index (χ3v) is 4.34. The number of fused-ring (bicyclic) bond motifs is 1. The molecule has 0 heterocycles. The van der Waals surface area contributed by atoms with Crippen LogP contribution in [0.5, 0.6) is 0 Å². The van der Waals surface area contributed by atoms with Crippen molar-refractivity contribution in [2.45, 2.75) is 31.6 Å². The smallest absolute Gasteiger partial charge is 0.306 e. The summed E-state index contributed by atoms with van der Waals surface area (Å²) in [6, 6.07) is 14.9. The van der Waals surface area contributed by atoms with E-state index in [0.29, 0.717) is 5.92 Å². The summed E-state index contributed by atoms with van der Waals surface area (Å²) in [5.74, 6) is -0.246. The lowest BCUT2D eigenvalue weighted by molar-refractivity contribution is -0.142. The van der Waals surface area contributed by atoms with Gasteiger partial charge in [0, 0.05) is 0 Å². The first kappa shape index (κ1) is 12.2. The fourth-order valence-electron chi connectivity index (χ4n) is 3.26. The van der Waals surface area contributed by atoms with Crippen LogP contribution in [0.25, 0.3) is 10.8 Å². The Morgan fingerprint density at radius 1 is 0.947 bits per heavy atom. The van der Waals surface area contributed by atoms with Gasteiger partial charge in [-0.2, -0.15) is 0 Å². The molecule has 2 nitrogen and oxygen atoms in total. The van der Waals surface area contributed by atoms with Crippen LogP contribution in [0.15, 0.2) is 42.5 Å². The Labute approximate surface area is 113 Å². The van der Waals surface area contributed by atoms with Gasteiger partial charge in [-0.3, -0.25) is 4.79 Å². The molecule has 2 aromatic rings. The Hall–Kier alpha value is -1.83. The molecule has 0 aliphatic heterocycles. The van der Waals surface area contributed by atoms with Gasteiger partial charge < -0.3 is 5.11 Å². The van der Waals surface area contributed by atoms with E-state index in [-0.39, 0.29) is 5.92 Å². The zero-order valence-electron chi connectivity index (χ0n) is 10.9. The van der Waals surface area contributed by atoms with Crippen LogP contribution in [0.4, 0.5) is 0 Å². The Balaban J connectivity index is 1.88. The molecular formula is C17H18O2. The van der Waals surface area contributed by atoms with E-state index < -0.39 is 5.97 Å². The Kier molecular flexibility index (Phi) is 3.24. The number of rotatable bonds is 2. The van der Waals surface area contributed by atoms with Gasteiger partial charge >= 0.3 is 5.97 Å². The van der Waals surface area contributed by atoms with Crippen molar-refractivity contribution in [3.63, 3.8) is 0 Å². The van der Waals surface area contributed by atoms with E-state index in [1.165, 1.54) is 16.3 Å². The number of hydrogen-bond donors (Lipinski definition) is 1. The summed E-state index contributed by atoms with van der Waals surface area (Å²) >= 11 is 0. The number of aliphatic carboxylic acids is 1. The molecule has 2 heteroatoms. The maximum absolute atomic E-state index is 11.0. The van der Waals surface area contributed by atoms with Crippen LogP contribution in [0.3, 0.4) is 0 Å². The third-order valence-electron chi connectivity index (χ3n) is 4.34. The predicted octanol–water partition coefficient (Wildman–Crippen LogP) is 4.20. The minimum Gasteiger partial charge on any atom is -0.481 e. The fourth-order valence-corrected chi connectivity index (χ4v) is 3.26. The summed E-state index contributed by atoms with van der Waals surface area (Å²) < 4.78 is 0. The zero-order chi connectivity index (χ0) is 13.2. The van der Waals surface area contributed by atoms with Crippen molar-refractivity contribution >= 4 is 16.7 Å². The number of carboxylic acids is 1. The van der Waals surface area contributed by atoms with Crippen LogP contribution in [0.1, 0.15) is 37.2 Å². The molecule has 2 aromatic carbocycles. The number of hydrogen-bond acceptors (Lipinski definition) is 1. The molecule has 1 aliphatic carbocycles. The standard InChI is InChI=1S/C17H18O2/c18-17(19)14-10-8-13(9-11-14)16-7-3-5-12-4-1-2-6-15(12)16/h1-7,13-14H,8-11H2,(H,18,19)/t13-,14-. The second kappa shape index (κ2) is 5.04. The van der Waals surface area contributed by atoms with Crippen molar-refractivity contribution in [1.82, 2.24) is 0 Å². The summed E-state index contributed by atoms with van der Waals surface area (Å²) in [7, 11) is 0. The van der Waals surface area contributed by atoms with E-state index in [0.717, 1.165) is 25.7 Å². The van der Waals surface area contributed by atoms with E-state index in [9.17, 15) is 4.79 Å². The molecule has 1 fully saturated rings. The van der Waals surface area contributed by atoms with Gasteiger partial charge in [0.15, 0.2) is 0 Å². The predicted molar refractivity (Wildman–Crippen MR) is 76.3 cm³/mol. The largest absolute Gasteiger partial charge is 0.481 e. The summed E-state index contributed by atoms with van der Waals surface area (Å²) in [6.45, 7) is 0. The van der Waals surface area contributed by atoms with Crippen LogP contribution in [0.2, 0.25) is 0 Å². The molecular weight excluding hydrogens is 236 g/mol. The van der Waals surface area contributed by atoms with Gasteiger partial charge in [-0.15, -0.1) is 0 Å². The molecule has 1 saturated carbocycles. The summed E-state index contributed by atoms with van der Waals surface area (Å²) in [6.07, 6.45) is 3.60. The first-order valence-corrected chi connectivity index (χ1v) is 6.96. The first-order valence-electron chi connectivity index (χ1n) is 6.96. The van der Waals surface area contributed by atoms with Crippen LogP contribution in [-0.2, 0) is 4.79 Å². The highest BCUT2D eigenvalue weighted by atomic mass is 16.4. The van der Waals surface area contributed by atoms with E-state index in [2.05, 4.69) is 42.5 Å². The molecule has 0 spiro atoms. The van der Waals surface area contributed by atoms with E-state index in [4.69, 9.17) is 5.11 Å². The van der Waals surface area contributed by atoms with Crippen molar-refractivity contribution in [1.29, 1.82) is 0 Å². The van der Waals surface area contributed by atoms with Gasteiger partial charge in [-0.1, -0.05) is 42.5 Å². The molecule has 98 valence electrons. The first-order chi connectivity index (χ1) is 9.25. The molecule has 0 amide bonds. The fraction of sp³-hybridized carbons (Fsp3) is 0.353. The molecule has 1 aliphatic rings. The highest BCUT2D eigenvalue weighted by Gasteiger charge is 2.27. The lowest BCUT2D eigenvalue weighted by Gasteiger charge is -2.27. The van der Waals surface area contributed by atoms with Crippen molar-refractivity contribution in [2.24, 2.45) is 5.92 Å². The number of benzene rings is 2. The Bertz CT molecular complexity index is 590. The third kappa shape index (κ3) is 2.35. The lowest BCUT2D eigenvalue weighted by atomic mass is 9.77. The van der Waals surface area contributed by atoms with Crippen molar-refractivity contribution in [3.05, 3.63) is 48.0 Å². The van der Waals surface area contributed by atoms with Gasteiger partial charge in [-0.25, -0.2) is 0 Å². The monoisotopic (exact) mass is 254 g/mol. The summed E-state index contributed by atoms with van der Waals surface area (Å²) in [4.78, 5) is 11.0. The minimum absolute atomic E-state index is 0.133. The maximum Gasteiger partial charge on any atom is 0.306 e. The van der Waals surface area contributed by atoms with E-state index in [1.807, 2.05) is 0 Å². The van der Waals surface area contributed by atoms with E-state index >= 15 is 0 Å². The quantitative estimate of drug-likeness (QED) is 0.872. The van der Waals surface area contributed by atoms with Crippen LogP contribution in [-0.4, -0.2) is 11.1 Å². The van der Waals surface area contributed by atoms with Crippen LogP contribution >= 0.6 is 0 Å². The SMILES string of the molecule is O=C(O)[C@H]1CC[C@H](c2cccc3ccccc32)CC1. The lowest BCUT2D eigenvalue weighted by Crippen LogP contribution is -2.20. The summed E-state index contributed by atoms with van der Waals surface area (Å²) in [5.41, 5.74) is 1.39. The van der Waals surface area contributed by atoms with Crippen LogP contribution < -0.4 is 0 Å². The van der Waals surface area contributed by atoms with Gasteiger partial charge in [0.2, 0.25) is 0 Å². The number of carboxylic acid groups (broad SMARTS) is 1. The molecule has 0 unspecified atom stereocenters. The normalized spacial score (nSPS) is 23.4. The molecule has 0 saturated heterocycles. The average Bonchev–Trinajstić information content (AvgIpc) is 2.47. The van der Waals surface area contributed by atoms with Gasteiger partial charge in [0.05, 0.1) is 5.92 Å². The van der Waals surface area contributed by atoms with Crippen molar-refractivity contribution < 1.29 is 9.90 Å². The Morgan fingerprint density at radius 3 is 2.37 bits per heavy atom. The molecule has 19 heavy (non-hydrogen) atoms. The molecule has 0 atom stereocenters. The second-order valence-electron chi connectivity index (χ2n) is 5.46. The summed E-state index contributed by atoms with van der Waals surface area (Å²) in [5, 5.41) is 11.7. The highest BCUT2D eigenvalue weighted by Crippen LogP contribution is 2.38. The minimum atomic E-state index is -0.628. The van der Waals surface area contributed by atoms with E-state index in [1.54, 1.807) is 0 Å². The molecule has 0 bridgehead atoms. The highest BCUT2D eigenvalue weighted by molar-refractivity contribution is 5.86. The molecule has 0 radical (unpaired) electrons. The second-order valence-corrected chi connectivity index (χ2v) is 5.46. The zero-order valence-corrected chi connectivity index (χ0v) is 10.9. The average molecular weight is 254 g/mol. The van der Waals surface area contributed by atoms with Gasteiger partial charge in [-0.05, 0) is 47.9 Å². The molecule has 0 aromatic heterocycles. The topological polar surface area (TPSA) is 37.3 Å². The Morgan fingerprint density at radius 2 is 1.63 bits per heavy atom. The maximum atomic E-state index is 11.0. The van der Waals surface area contributed by atoms with Crippen LogP contribution in [0, 0.1) is 5.92 Å².